The number of Topliss-reactive ketones (excluding diaryl/α,β-unsaturated/α-hetero) is 1. The number of hydrogen-bond acceptors (Lipinski definition) is 6. The summed E-state index contributed by atoms with van der Waals surface area (Å²) in [6, 6.07) is 13.1. The number of thioether (sulfide) groups is 1. The largest absolute Gasteiger partial charge is 0.497 e. The van der Waals surface area contributed by atoms with Crippen molar-refractivity contribution in [2.24, 2.45) is 5.92 Å². The summed E-state index contributed by atoms with van der Waals surface area (Å²) in [7, 11) is 1.57. The molecule has 0 saturated carbocycles. The minimum Gasteiger partial charge on any atom is -0.497 e. The predicted octanol–water partition coefficient (Wildman–Crippen LogP) is 4.51. The maximum absolute atomic E-state index is 13.9. The Morgan fingerprint density at radius 2 is 1.79 bits per heavy atom. The molecule has 3 aromatic rings. The second kappa shape index (κ2) is 8.83. The number of aryl methyl sites for hydroxylation is 2. The number of rotatable bonds is 5. The number of methoxy groups -OCH3 is 1. The fraction of sp³-hybridized carbons (Fsp3) is 0.320. The molecule has 170 valence electrons. The number of aliphatic carboxylic acids is 1. The van der Waals surface area contributed by atoms with Gasteiger partial charge in [-0.2, -0.15) is 0 Å². The maximum Gasteiger partial charge on any atom is 0.317 e. The quantitative estimate of drug-likeness (QED) is 0.521. The first kappa shape index (κ1) is 22.0. The van der Waals surface area contributed by atoms with Crippen molar-refractivity contribution < 1.29 is 19.4 Å². The molecule has 1 aliphatic carbocycles. The number of carbonyl (C=O) groups is 2. The van der Waals surface area contributed by atoms with E-state index in [0.717, 1.165) is 54.3 Å². The summed E-state index contributed by atoms with van der Waals surface area (Å²) in [4.78, 5) is 41.7. The van der Waals surface area contributed by atoms with Crippen molar-refractivity contribution in [2.75, 3.05) is 7.11 Å². The molecule has 8 heteroatoms. The van der Waals surface area contributed by atoms with Crippen LogP contribution in [0.3, 0.4) is 0 Å². The molecule has 2 heterocycles. The molecular formula is C25H23NO5S2. The third-order valence-corrected chi connectivity index (χ3v) is 8.91. The minimum absolute atomic E-state index is 0.199. The normalized spacial score (nSPS) is 21.7. The van der Waals surface area contributed by atoms with E-state index in [0.29, 0.717) is 21.2 Å². The highest BCUT2D eigenvalue weighted by molar-refractivity contribution is 8.00. The van der Waals surface area contributed by atoms with Crippen LogP contribution in [-0.4, -0.2) is 34.2 Å². The number of carboxylic acids is 1. The molecule has 0 spiro atoms. The van der Waals surface area contributed by atoms with Crippen molar-refractivity contribution in [1.82, 2.24) is 4.98 Å². The number of aromatic amines is 1. The molecule has 6 nitrogen and oxygen atoms in total. The number of H-pyrrole nitrogens is 1. The van der Waals surface area contributed by atoms with Gasteiger partial charge < -0.3 is 14.8 Å². The van der Waals surface area contributed by atoms with E-state index in [-0.39, 0.29) is 10.7 Å². The van der Waals surface area contributed by atoms with Gasteiger partial charge in [0.25, 0.3) is 0 Å². The molecule has 0 amide bonds. The number of benzene rings is 2. The lowest BCUT2D eigenvalue weighted by Gasteiger charge is -2.34. The molecule has 2 N–H and O–H groups in total. The number of thiazole rings is 1. The zero-order valence-corrected chi connectivity index (χ0v) is 19.6. The topological polar surface area (TPSA) is 96.5 Å². The van der Waals surface area contributed by atoms with E-state index in [2.05, 4.69) is 4.98 Å². The van der Waals surface area contributed by atoms with Crippen LogP contribution >= 0.6 is 23.1 Å². The Kier molecular flexibility index (Phi) is 5.88. The fourth-order valence-corrected chi connectivity index (χ4v) is 7.32. The summed E-state index contributed by atoms with van der Waals surface area (Å²) in [6.07, 6.45) is 4.19. The van der Waals surface area contributed by atoms with E-state index in [1.54, 1.807) is 19.2 Å². The number of fused-ring (bicyclic) bond motifs is 2. The predicted molar refractivity (Wildman–Crippen MR) is 128 cm³/mol. The first-order chi connectivity index (χ1) is 16.0. The van der Waals surface area contributed by atoms with Gasteiger partial charge in [0.2, 0.25) is 0 Å². The summed E-state index contributed by atoms with van der Waals surface area (Å²) in [6.45, 7) is 0. The first-order valence-electron chi connectivity index (χ1n) is 10.9. The summed E-state index contributed by atoms with van der Waals surface area (Å²) < 4.78 is 5.27. The van der Waals surface area contributed by atoms with Crippen LogP contribution in [-0.2, 0) is 17.6 Å². The number of hydrogen-bond donors (Lipinski definition) is 2. The zero-order chi connectivity index (χ0) is 23.1. The van der Waals surface area contributed by atoms with Gasteiger partial charge in [-0.1, -0.05) is 47.4 Å². The van der Waals surface area contributed by atoms with Gasteiger partial charge in [-0.25, -0.2) is 0 Å². The van der Waals surface area contributed by atoms with Crippen LogP contribution in [0.25, 0.3) is 0 Å². The number of nitrogens with one attached hydrogen (secondary N) is 1. The highest BCUT2D eigenvalue weighted by Crippen LogP contribution is 2.50. The zero-order valence-electron chi connectivity index (χ0n) is 18.0. The van der Waals surface area contributed by atoms with Crippen LogP contribution in [0.2, 0.25) is 0 Å². The monoisotopic (exact) mass is 481 g/mol. The Morgan fingerprint density at radius 1 is 1.06 bits per heavy atom. The molecule has 1 aromatic heterocycles. The molecule has 3 unspecified atom stereocenters. The highest BCUT2D eigenvalue weighted by Gasteiger charge is 2.47. The van der Waals surface area contributed by atoms with Crippen LogP contribution in [0, 0.1) is 5.92 Å². The van der Waals surface area contributed by atoms with E-state index in [1.807, 2.05) is 30.3 Å². The second-order valence-electron chi connectivity index (χ2n) is 8.42. The number of ether oxygens (including phenoxy) is 1. The summed E-state index contributed by atoms with van der Waals surface area (Å²) in [5, 5.41) is 9.61. The lowest BCUT2D eigenvalue weighted by molar-refractivity contribution is -0.137. The van der Waals surface area contributed by atoms with Gasteiger partial charge in [0.15, 0.2) is 5.78 Å². The lowest BCUT2D eigenvalue weighted by Crippen LogP contribution is -2.39. The lowest BCUT2D eigenvalue weighted by atomic mass is 9.77. The molecule has 2 aliphatic rings. The standard InChI is InChI=1S/C25H23NO5S2/c1-31-17-10-8-14(9-11-17)18-19(22(24(28)29)32-23-21(18)33-25(30)26-23)20(27)16-7-6-13-4-2-3-5-15(13)12-16/h6-12,18-19,22H,2-5H2,1H3,(H,26,30)(H,28,29). The van der Waals surface area contributed by atoms with E-state index < -0.39 is 23.1 Å². The van der Waals surface area contributed by atoms with E-state index >= 15 is 0 Å². The summed E-state index contributed by atoms with van der Waals surface area (Å²) in [5.74, 6) is -1.98. The van der Waals surface area contributed by atoms with Crippen molar-refractivity contribution >= 4 is 34.9 Å². The van der Waals surface area contributed by atoms with Gasteiger partial charge in [0.1, 0.15) is 11.0 Å². The van der Waals surface area contributed by atoms with Gasteiger partial charge in [-0.15, -0.1) is 0 Å². The number of ketones is 1. The Morgan fingerprint density at radius 3 is 2.48 bits per heavy atom. The van der Waals surface area contributed by atoms with E-state index in [1.165, 1.54) is 11.1 Å². The van der Waals surface area contributed by atoms with Crippen molar-refractivity contribution in [2.45, 2.75) is 41.9 Å². The summed E-state index contributed by atoms with van der Waals surface area (Å²) >= 11 is 2.11. The van der Waals surface area contributed by atoms with Crippen molar-refractivity contribution in [1.29, 1.82) is 0 Å². The molecular weight excluding hydrogens is 458 g/mol. The van der Waals surface area contributed by atoms with Crippen LogP contribution in [0.4, 0.5) is 0 Å². The Balaban J connectivity index is 1.64. The Labute approximate surface area is 199 Å². The van der Waals surface area contributed by atoms with Crippen LogP contribution < -0.4 is 9.61 Å². The first-order valence-corrected chi connectivity index (χ1v) is 12.6. The van der Waals surface area contributed by atoms with Crippen LogP contribution in [0.5, 0.6) is 5.75 Å². The highest BCUT2D eigenvalue weighted by atomic mass is 32.2. The van der Waals surface area contributed by atoms with Crippen molar-refractivity contribution in [3.8, 4) is 5.75 Å². The molecule has 1 aliphatic heterocycles. The smallest absolute Gasteiger partial charge is 0.317 e. The Hall–Kier alpha value is -2.84. The molecule has 3 atom stereocenters. The minimum atomic E-state index is -1.06. The van der Waals surface area contributed by atoms with Gasteiger partial charge in [-0.05, 0) is 60.6 Å². The third-order valence-electron chi connectivity index (χ3n) is 6.51. The molecule has 5 rings (SSSR count). The molecule has 0 saturated heterocycles. The Bertz CT molecular complexity index is 1280. The molecule has 33 heavy (non-hydrogen) atoms. The number of aromatic nitrogens is 1. The number of carboxylic acid groups (broad SMARTS) is 1. The maximum atomic E-state index is 13.9. The van der Waals surface area contributed by atoms with E-state index in [4.69, 9.17) is 4.74 Å². The second-order valence-corrected chi connectivity index (χ2v) is 10.6. The summed E-state index contributed by atoms with van der Waals surface area (Å²) in [5.41, 5.74) is 3.77. The van der Waals surface area contributed by atoms with Gasteiger partial charge in [0.05, 0.1) is 18.1 Å². The van der Waals surface area contributed by atoms with Crippen LogP contribution in [0.1, 0.15) is 50.7 Å². The molecule has 0 bridgehead atoms. The van der Waals surface area contributed by atoms with Gasteiger partial charge >= 0.3 is 10.8 Å². The average Bonchev–Trinajstić information content (AvgIpc) is 3.22. The molecule has 0 radical (unpaired) electrons. The SMILES string of the molecule is COc1ccc(C2c3sc(=O)[nH]c3SC(C(=O)O)C2C(=O)c2ccc3c(c2)CCCC3)cc1. The number of carbonyl (C=O) groups excluding carboxylic acids is 1. The third kappa shape index (κ3) is 4.02. The van der Waals surface area contributed by atoms with Gasteiger partial charge in [0, 0.05) is 16.4 Å². The fourth-order valence-electron chi connectivity index (χ4n) is 4.90. The van der Waals surface area contributed by atoms with Crippen molar-refractivity contribution in [3.63, 3.8) is 0 Å². The van der Waals surface area contributed by atoms with Crippen LogP contribution in [0.15, 0.2) is 52.3 Å². The molecule has 2 aromatic carbocycles. The average molecular weight is 482 g/mol. The molecule has 0 fully saturated rings. The van der Waals surface area contributed by atoms with Gasteiger partial charge in [-0.3, -0.25) is 14.4 Å². The van der Waals surface area contributed by atoms with Crippen molar-refractivity contribution in [3.05, 3.63) is 79.3 Å². The van der Waals surface area contributed by atoms with E-state index in [9.17, 15) is 19.5 Å².